The molecule has 2 heteroatoms. The normalized spacial score (nSPS) is 11.9. The van der Waals surface area contributed by atoms with Crippen LogP contribution in [0, 0.1) is 0 Å². The van der Waals surface area contributed by atoms with E-state index in [4.69, 9.17) is 0 Å². The molecule has 0 aliphatic carbocycles. The largest absolute Gasteiger partial charge is 0.326 e. The summed E-state index contributed by atoms with van der Waals surface area (Å²) in [5.41, 5.74) is 3.39. The zero-order valence-electron chi connectivity index (χ0n) is 12.8. The number of nitrogens with one attached hydrogen (secondary N) is 1. The maximum atomic E-state index is 11.9. The molecule has 0 saturated heterocycles. The molecule has 0 heterocycles. The SMILES string of the molecule is CC[C@H](C)c1ccc(NC(=O)CCc2ccccc2)cc1. The van der Waals surface area contributed by atoms with E-state index in [0.29, 0.717) is 12.3 Å². The summed E-state index contributed by atoms with van der Waals surface area (Å²) in [6.45, 7) is 4.40. The van der Waals surface area contributed by atoms with Crippen LogP contribution in [0.4, 0.5) is 5.69 Å². The van der Waals surface area contributed by atoms with Crippen molar-refractivity contribution in [1.29, 1.82) is 0 Å². The number of amides is 1. The fraction of sp³-hybridized carbons (Fsp3) is 0.316. The van der Waals surface area contributed by atoms with Crippen molar-refractivity contribution in [3.8, 4) is 0 Å². The van der Waals surface area contributed by atoms with Crippen molar-refractivity contribution in [3.05, 3.63) is 65.7 Å². The number of hydrogen-bond donors (Lipinski definition) is 1. The first kappa shape index (κ1) is 15.3. The Kier molecular flexibility index (Phi) is 5.56. The smallest absolute Gasteiger partial charge is 0.224 e. The highest BCUT2D eigenvalue weighted by molar-refractivity contribution is 5.90. The van der Waals surface area contributed by atoms with Gasteiger partial charge >= 0.3 is 0 Å². The lowest BCUT2D eigenvalue weighted by atomic mass is 9.98. The number of carbonyl (C=O) groups excluding carboxylic acids is 1. The van der Waals surface area contributed by atoms with E-state index >= 15 is 0 Å². The average Bonchev–Trinajstić information content (AvgIpc) is 2.54. The van der Waals surface area contributed by atoms with Crippen LogP contribution in [0.1, 0.15) is 43.7 Å². The van der Waals surface area contributed by atoms with E-state index < -0.39 is 0 Å². The molecule has 0 spiro atoms. The molecule has 2 aromatic rings. The molecule has 0 bridgehead atoms. The Hall–Kier alpha value is -2.09. The van der Waals surface area contributed by atoms with Gasteiger partial charge in [0, 0.05) is 12.1 Å². The highest BCUT2D eigenvalue weighted by Crippen LogP contribution is 2.20. The van der Waals surface area contributed by atoms with Crippen molar-refractivity contribution in [2.75, 3.05) is 5.32 Å². The zero-order valence-corrected chi connectivity index (χ0v) is 12.8. The van der Waals surface area contributed by atoms with Crippen LogP contribution in [0.25, 0.3) is 0 Å². The van der Waals surface area contributed by atoms with E-state index in [9.17, 15) is 4.79 Å². The molecule has 1 atom stereocenters. The first-order valence-corrected chi connectivity index (χ1v) is 7.62. The Balaban J connectivity index is 1.85. The molecule has 0 saturated carbocycles. The molecule has 110 valence electrons. The molecule has 0 aliphatic rings. The lowest BCUT2D eigenvalue weighted by Crippen LogP contribution is -2.12. The molecule has 1 N–H and O–H groups in total. The Labute approximate surface area is 127 Å². The molecular weight excluding hydrogens is 258 g/mol. The minimum absolute atomic E-state index is 0.0649. The molecular formula is C19H23NO. The summed E-state index contributed by atoms with van der Waals surface area (Å²) in [5.74, 6) is 0.628. The van der Waals surface area contributed by atoms with Crippen molar-refractivity contribution in [1.82, 2.24) is 0 Å². The second kappa shape index (κ2) is 7.63. The zero-order chi connectivity index (χ0) is 15.1. The van der Waals surface area contributed by atoms with Gasteiger partial charge in [0.15, 0.2) is 0 Å². The summed E-state index contributed by atoms with van der Waals surface area (Å²) in [4.78, 5) is 11.9. The molecule has 2 nitrogen and oxygen atoms in total. The fourth-order valence-electron chi connectivity index (χ4n) is 2.26. The van der Waals surface area contributed by atoms with E-state index in [1.165, 1.54) is 11.1 Å². The molecule has 0 fully saturated rings. The number of rotatable bonds is 6. The maximum Gasteiger partial charge on any atom is 0.224 e. The van der Waals surface area contributed by atoms with Crippen LogP contribution in [0.3, 0.4) is 0 Å². The number of hydrogen-bond acceptors (Lipinski definition) is 1. The van der Waals surface area contributed by atoms with Gasteiger partial charge in [0.1, 0.15) is 0 Å². The van der Waals surface area contributed by atoms with Crippen molar-refractivity contribution in [2.45, 2.75) is 39.0 Å². The molecule has 0 aliphatic heterocycles. The van der Waals surface area contributed by atoms with Gasteiger partial charge in [-0.3, -0.25) is 4.79 Å². The fourth-order valence-corrected chi connectivity index (χ4v) is 2.26. The predicted octanol–water partition coefficient (Wildman–Crippen LogP) is 4.77. The summed E-state index contributed by atoms with van der Waals surface area (Å²) >= 11 is 0. The van der Waals surface area contributed by atoms with Crippen molar-refractivity contribution in [2.24, 2.45) is 0 Å². The van der Waals surface area contributed by atoms with Crippen LogP contribution in [0.5, 0.6) is 0 Å². The Bertz CT molecular complexity index is 560. The van der Waals surface area contributed by atoms with Gasteiger partial charge in [-0.05, 0) is 42.0 Å². The summed E-state index contributed by atoms with van der Waals surface area (Å²) in [6.07, 6.45) is 2.41. The van der Waals surface area contributed by atoms with Crippen molar-refractivity contribution >= 4 is 11.6 Å². The number of carbonyl (C=O) groups is 1. The van der Waals surface area contributed by atoms with Crippen LogP contribution in [0.15, 0.2) is 54.6 Å². The van der Waals surface area contributed by atoms with E-state index in [0.717, 1.165) is 18.5 Å². The van der Waals surface area contributed by atoms with Crippen LogP contribution in [-0.4, -0.2) is 5.91 Å². The van der Waals surface area contributed by atoms with Gasteiger partial charge in [0.25, 0.3) is 0 Å². The molecule has 21 heavy (non-hydrogen) atoms. The van der Waals surface area contributed by atoms with Crippen LogP contribution < -0.4 is 5.32 Å². The molecule has 0 unspecified atom stereocenters. The molecule has 0 radical (unpaired) electrons. The minimum Gasteiger partial charge on any atom is -0.326 e. The topological polar surface area (TPSA) is 29.1 Å². The second-order valence-corrected chi connectivity index (χ2v) is 5.47. The van der Waals surface area contributed by atoms with E-state index in [-0.39, 0.29) is 5.91 Å². The first-order valence-electron chi connectivity index (χ1n) is 7.62. The number of aryl methyl sites for hydroxylation is 1. The summed E-state index contributed by atoms with van der Waals surface area (Å²) in [7, 11) is 0. The second-order valence-electron chi connectivity index (χ2n) is 5.47. The molecule has 2 aromatic carbocycles. The quantitative estimate of drug-likeness (QED) is 0.811. The highest BCUT2D eigenvalue weighted by atomic mass is 16.1. The van der Waals surface area contributed by atoms with E-state index in [1.54, 1.807) is 0 Å². The van der Waals surface area contributed by atoms with Gasteiger partial charge in [0.2, 0.25) is 5.91 Å². The Morgan fingerprint density at radius 1 is 1.05 bits per heavy atom. The Morgan fingerprint density at radius 2 is 1.71 bits per heavy atom. The molecule has 0 aromatic heterocycles. The third-order valence-electron chi connectivity index (χ3n) is 3.86. The monoisotopic (exact) mass is 281 g/mol. The lowest BCUT2D eigenvalue weighted by Gasteiger charge is -2.10. The highest BCUT2D eigenvalue weighted by Gasteiger charge is 2.05. The van der Waals surface area contributed by atoms with Crippen LogP contribution >= 0.6 is 0 Å². The van der Waals surface area contributed by atoms with Crippen molar-refractivity contribution < 1.29 is 4.79 Å². The lowest BCUT2D eigenvalue weighted by molar-refractivity contribution is -0.116. The first-order chi connectivity index (χ1) is 10.2. The maximum absolute atomic E-state index is 11.9. The minimum atomic E-state index is 0.0649. The third-order valence-corrected chi connectivity index (χ3v) is 3.86. The van der Waals surface area contributed by atoms with Gasteiger partial charge in [-0.2, -0.15) is 0 Å². The van der Waals surface area contributed by atoms with Crippen molar-refractivity contribution in [3.63, 3.8) is 0 Å². The van der Waals surface area contributed by atoms with E-state index in [2.05, 4.69) is 31.3 Å². The van der Waals surface area contributed by atoms with Gasteiger partial charge in [0.05, 0.1) is 0 Å². The molecule has 2 rings (SSSR count). The standard InChI is InChI=1S/C19H23NO/c1-3-15(2)17-10-12-18(13-11-17)20-19(21)14-9-16-7-5-4-6-8-16/h4-8,10-13,15H,3,9,14H2,1-2H3,(H,20,21)/t15-/m0/s1. The van der Waals surface area contributed by atoms with Gasteiger partial charge in [-0.25, -0.2) is 0 Å². The van der Waals surface area contributed by atoms with Gasteiger partial charge in [-0.1, -0.05) is 56.3 Å². The van der Waals surface area contributed by atoms with E-state index in [1.807, 2.05) is 42.5 Å². The summed E-state index contributed by atoms with van der Waals surface area (Å²) in [5, 5.41) is 2.96. The summed E-state index contributed by atoms with van der Waals surface area (Å²) in [6, 6.07) is 18.3. The van der Waals surface area contributed by atoms with Gasteiger partial charge < -0.3 is 5.32 Å². The van der Waals surface area contributed by atoms with Crippen LogP contribution in [-0.2, 0) is 11.2 Å². The number of anilines is 1. The Morgan fingerprint density at radius 3 is 2.33 bits per heavy atom. The third kappa shape index (κ3) is 4.75. The van der Waals surface area contributed by atoms with Gasteiger partial charge in [-0.15, -0.1) is 0 Å². The van der Waals surface area contributed by atoms with Crippen LogP contribution in [0.2, 0.25) is 0 Å². The predicted molar refractivity (Wildman–Crippen MR) is 88.5 cm³/mol. The summed E-state index contributed by atoms with van der Waals surface area (Å²) < 4.78 is 0. The molecule has 1 amide bonds. The number of benzene rings is 2. The average molecular weight is 281 g/mol.